The standard InChI is InChI=1S/C13H22O3/c1-15-12(16-2)10-9-13(6-3-4-7-13)8-5-11(10)14/h10,12H,3-9H2,1-2H3. The number of hydrogen-bond donors (Lipinski definition) is 0. The van der Waals surface area contributed by atoms with Gasteiger partial charge >= 0.3 is 0 Å². The number of carbonyl (C=O) groups excluding carboxylic acids is 1. The maximum Gasteiger partial charge on any atom is 0.166 e. The Morgan fingerprint density at radius 2 is 1.81 bits per heavy atom. The molecule has 0 aliphatic heterocycles. The van der Waals surface area contributed by atoms with Gasteiger partial charge in [0.2, 0.25) is 0 Å². The number of ketones is 1. The Bertz CT molecular complexity index is 252. The average Bonchev–Trinajstić information content (AvgIpc) is 2.74. The first-order chi connectivity index (χ1) is 7.71. The maximum atomic E-state index is 11.9. The molecule has 3 heteroatoms. The summed E-state index contributed by atoms with van der Waals surface area (Å²) in [5.41, 5.74) is 0.424. The lowest BCUT2D eigenvalue weighted by Gasteiger charge is -2.39. The Morgan fingerprint density at radius 1 is 1.19 bits per heavy atom. The van der Waals surface area contributed by atoms with Gasteiger partial charge in [0.05, 0.1) is 5.92 Å². The summed E-state index contributed by atoms with van der Waals surface area (Å²) >= 11 is 0. The number of hydrogen-bond acceptors (Lipinski definition) is 3. The van der Waals surface area contributed by atoms with E-state index in [4.69, 9.17) is 9.47 Å². The van der Waals surface area contributed by atoms with Crippen LogP contribution in [0.4, 0.5) is 0 Å². The molecule has 3 nitrogen and oxygen atoms in total. The minimum absolute atomic E-state index is 0.0400. The van der Waals surface area contributed by atoms with Gasteiger partial charge in [-0.25, -0.2) is 0 Å². The second-order valence-electron chi connectivity index (χ2n) is 5.32. The van der Waals surface area contributed by atoms with E-state index in [0.29, 0.717) is 17.6 Å². The summed E-state index contributed by atoms with van der Waals surface area (Å²) in [6.45, 7) is 0. The highest BCUT2D eigenvalue weighted by atomic mass is 16.7. The van der Waals surface area contributed by atoms with Crippen molar-refractivity contribution in [3.05, 3.63) is 0 Å². The normalized spacial score (nSPS) is 29.2. The van der Waals surface area contributed by atoms with Gasteiger partial charge in [0, 0.05) is 20.6 Å². The number of ether oxygens (including phenoxy) is 2. The van der Waals surface area contributed by atoms with Gasteiger partial charge in [-0.05, 0) is 31.1 Å². The molecule has 16 heavy (non-hydrogen) atoms. The molecule has 0 saturated heterocycles. The van der Waals surface area contributed by atoms with Crippen LogP contribution in [0.1, 0.15) is 44.9 Å². The molecule has 0 radical (unpaired) electrons. The molecule has 1 unspecified atom stereocenters. The minimum Gasteiger partial charge on any atom is -0.355 e. The first-order valence-electron chi connectivity index (χ1n) is 6.29. The summed E-state index contributed by atoms with van der Waals surface area (Å²) in [6, 6.07) is 0. The van der Waals surface area contributed by atoms with Crippen molar-refractivity contribution in [1.82, 2.24) is 0 Å². The van der Waals surface area contributed by atoms with Crippen molar-refractivity contribution in [2.75, 3.05) is 14.2 Å². The van der Waals surface area contributed by atoms with E-state index in [9.17, 15) is 4.79 Å². The number of carbonyl (C=O) groups is 1. The third kappa shape index (κ3) is 2.16. The van der Waals surface area contributed by atoms with Crippen molar-refractivity contribution in [2.24, 2.45) is 11.3 Å². The molecule has 0 aromatic rings. The largest absolute Gasteiger partial charge is 0.355 e. The Kier molecular flexibility index (Phi) is 3.65. The van der Waals surface area contributed by atoms with E-state index in [1.165, 1.54) is 25.7 Å². The summed E-state index contributed by atoms with van der Waals surface area (Å²) < 4.78 is 10.5. The fourth-order valence-electron chi connectivity index (χ4n) is 3.51. The zero-order valence-corrected chi connectivity index (χ0v) is 10.3. The molecule has 0 aromatic heterocycles. The van der Waals surface area contributed by atoms with Gasteiger partial charge in [0.1, 0.15) is 5.78 Å². The van der Waals surface area contributed by atoms with Crippen LogP contribution in [0.3, 0.4) is 0 Å². The SMILES string of the molecule is COC(OC)C1CC2(CCCC2)CCC1=O. The molecule has 0 bridgehead atoms. The summed E-state index contributed by atoms with van der Waals surface area (Å²) in [6.07, 6.45) is 7.66. The highest BCUT2D eigenvalue weighted by Gasteiger charge is 2.44. The van der Waals surface area contributed by atoms with Gasteiger partial charge in [0.15, 0.2) is 6.29 Å². The van der Waals surface area contributed by atoms with Crippen LogP contribution in [0.2, 0.25) is 0 Å². The van der Waals surface area contributed by atoms with E-state index in [1.807, 2.05) is 0 Å². The van der Waals surface area contributed by atoms with Crippen LogP contribution < -0.4 is 0 Å². The smallest absolute Gasteiger partial charge is 0.166 e. The molecule has 1 atom stereocenters. The van der Waals surface area contributed by atoms with Crippen molar-refractivity contribution in [3.8, 4) is 0 Å². The molecular formula is C13H22O3. The second-order valence-corrected chi connectivity index (χ2v) is 5.32. The molecular weight excluding hydrogens is 204 g/mol. The summed E-state index contributed by atoms with van der Waals surface area (Å²) in [5.74, 6) is 0.285. The van der Waals surface area contributed by atoms with Gasteiger partial charge in [-0.1, -0.05) is 12.8 Å². The highest BCUT2D eigenvalue weighted by Crippen LogP contribution is 2.50. The summed E-state index contributed by atoms with van der Waals surface area (Å²) in [5, 5.41) is 0. The lowest BCUT2D eigenvalue weighted by atomic mass is 9.68. The average molecular weight is 226 g/mol. The van der Waals surface area contributed by atoms with Crippen LogP contribution in [0.15, 0.2) is 0 Å². The van der Waals surface area contributed by atoms with Gasteiger partial charge < -0.3 is 9.47 Å². The van der Waals surface area contributed by atoms with E-state index in [1.54, 1.807) is 14.2 Å². The van der Waals surface area contributed by atoms with Crippen molar-refractivity contribution in [1.29, 1.82) is 0 Å². The molecule has 2 aliphatic rings. The van der Waals surface area contributed by atoms with Crippen molar-refractivity contribution in [3.63, 3.8) is 0 Å². The quantitative estimate of drug-likeness (QED) is 0.694. The van der Waals surface area contributed by atoms with Crippen molar-refractivity contribution < 1.29 is 14.3 Å². The first-order valence-corrected chi connectivity index (χ1v) is 6.29. The molecule has 2 fully saturated rings. The second kappa shape index (κ2) is 4.84. The van der Waals surface area contributed by atoms with E-state index in [2.05, 4.69) is 0 Å². The molecule has 2 aliphatic carbocycles. The Balaban J connectivity index is 2.07. The van der Waals surface area contributed by atoms with Crippen LogP contribution in [0, 0.1) is 11.3 Å². The summed E-state index contributed by atoms with van der Waals surface area (Å²) in [7, 11) is 3.24. The van der Waals surface area contributed by atoms with Crippen LogP contribution >= 0.6 is 0 Å². The zero-order valence-electron chi connectivity index (χ0n) is 10.3. The van der Waals surface area contributed by atoms with Crippen molar-refractivity contribution in [2.45, 2.75) is 51.2 Å². The summed E-state index contributed by atoms with van der Waals surface area (Å²) in [4.78, 5) is 11.9. The molecule has 1 spiro atoms. The Labute approximate surface area is 97.5 Å². The number of Topliss-reactive ketones (excluding diaryl/α,β-unsaturated/α-hetero) is 1. The molecule has 0 amide bonds. The van der Waals surface area contributed by atoms with E-state index in [-0.39, 0.29) is 12.2 Å². The van der Waals surface area contributed by atoms with Gasteiger partial charge in [-0.3, -0.25) is 4.79 Å². The molecule has 2 rings (SSSR count). The molecule has 2 saturated carbocycles. The molecule has 0 aromatic carbocycles. The predicted octanol–water partition coefficient (Wildman–Crippen LogP) is 2.53. The number of methoxy groups -OCH3 is 2. The predicted molar refractivity (Wildman–Crippen MR) is 61.1 cm³/mol. The molecule has 0 heterocycles. The van der Waals surface area contributed by atoms with Gasteiger partial charge in [-0.15, -0.1) is 0 Å². The topological polar surface area (TPSA) is 35.5 Å². The fourth-order valence-corrected chi connectivity index (χ4v) is 3.51. The Hall–Kier alpha value is -0.410. The van der Waals surface area contributed by atoms with E-state index < -0.39 is 0 Å². The van der Waals surface area contributed by atoms with Crippen LogP contribution in [-0.2, 0) is 14.3 Å². The number of rotatable bonds is 3. The van der Waals surface area contributed by atoms with E-state index >= 15 is 0 Å². The van der Waals surface area contributed by atoms with Gasteiger partial charge in [-0.2, -0.15) is 0 Å². The minimum atomic E-state index is -0.342. The monoisotopic (exact) mass is 226 g/mol. The van der Waals surface area contributed by atoms with Crippen molar-refractivity contribution >= 4 is 5.78 Å². The van der Waals surface area contributed by atoms with Crippen LogP contribution in [-0.4, -0.2) is 26.3 Å². The fraction of sp³-hybridized carbons (Fsp3) is 0.923. The van der Waals surface area contributed by atoms with Crippen LogP contribution in [0.5, 0.6) is 0 Å². The molecule has 92 valence electrons. The maximum absolute atomic E-state index is 11.9. The zero-order chi connectivity index (χ0) is 11.6. The Morgan fingerprint density at radius 3 is 2.38 bits per heavy atom. The first kappa shape index (κ1) is 12.1. The third-order valence-corrected chi connectivity index (χ3v) is 4.43. The molecule has 0 N–H and O–H groups in total. The third-order valence-electron chi connectivity index (χ3n) is 4.43. The highest BCUT2D eigenvalue weighted by molar-refractivity contribution is 5.82. The van der Waals surface area contributed by atoms with Crippen LogP contribution in [0.25, 0.3) is 0 Å². The lowest BCUT2D eigenvalue weighted by molar-refractivity contribution is -0.167. The van der Waals surface area contributed by atoms with E-state index in [0.717, 1.165) is 12.8 Å². The lowest BCUT2D eigenvalue weighted by Crippen LogP contribution is -2.40. The van der Waals surface area contributed by atoms with Gasteiger partial charge in [0.25, 0.3) is 0 Å².